The van der Waals surface area contributed by atoms with Gasteiger partial charge in [0.05, 0.1) is 17.1 Å². The number of imidazole rings is 1. The Morgan fingerprint density at radius 2 is 1.90 bits per heavy atom. The summed E-state index contributed by atoms with van der Waals surface area (Å²) in [4.78, 5) is 16.9. The Balaban J connectivity index is 1.39. The van der Waals surface area contributed by atoms with Gasteiger partial charge in [0.25, 0.3) is 0 Å². The fourth-order valence-electron chi connectivity index (χ4n) is 3.76. The van der Waals surface area contributed by atoms with Crippen LogP contribution in [0.25, 0.3) is 22.7 Å². The number of aromatic amines is 1. The third-order valence-electron chi connectivity index (χ3n) is 5.29. The number of nitrogens with zero attached hydrogens (tertiary/aromatic N) is 5. The van der Waals surface area contributed by atoms with Gasteiger partial charge >= 0.3 is 0 Å². The molecule has 0 aliphatic heterocycles. The van der Waals surface area contributed by atoms with Crippen LogP contribution < -0.4 is 5.32 Å². The van der Waals surface area contributed by atoms with Gasteiger partial charge in [0, 0.05) is 24.3 Å². The summed E-state index contributed by atoms with van der Waals surface area (Å²) in [6.45, 7) is 6.31. The van der Waals surface area contributed by atoms with Crippen LogP contribution in [0.3, 0.4) is 0 Å². The molecule has 0 fully saturated rings. The molecule has 7 heteroatoms. The highest BCUT2D eigenvalue weighted by Gasteiger charge is 2.12. The third-order valence-corrected chi connectivity index (χ3v) is 5.29. The molecule has 1 atom stereocenters. The molecule has 1 aromatic carbocycles. The van der Waals surface area contributed by atoms with Gasteiger partial charge in [-0.1, -0.05) is 12.1 Å². The summed E-state index contributed by atoms with van der Waals surface area (Å²) in [7, 11) is 0. The monoisotopic (exact) mass is 397 g/mol. The van der Waals surface area contributed by atoms with Crippen LogP contribution in [0.2, 0.25) is 0 Å². The number of nitrogens with one attached hydrogen (secondary N) is 2. The minimum Gasteiger partial charge on any atom is -0.348 e. The molecule has 2 N–H and O–H groups in total. The molecule has 4 heterocycles. The number of hydrogen-bond donors (Lipinski definition) is 2. The van der Waals surface area contributed by atoms with E-state index in [-0.39, 0.29) is 6.04 Å². The highest BCUT2D eigenvalue weighted by atomic mass is 15.2. The van der Waals surface area contributed by atoms with Gasteiger partial charge in [-0.2, -0.15) is 4.98 Å². The van der Waals surface area contributed by atoms with Gasteiger partial charge in [-0.3, -0.25) is 4.57 Å². The Hall–Kier alpha value is -3.87. The van der Waals surface area contributed by atoms with Gasteiger partial charge in [0.15, 0.2) is 0 Å². The van der Waals surface area contributed by atoms with Crippen molar-refractivity contribution >= 4 is 17.0 Å². The van der Waals surface area contributed by atoms with Crippen molar-refractivity contribution in [1.82, 2.24) is 29.1 Å². The van der Waals surface area contributed by atoms with Crippen LogP contribution in [-0.4, -0.2) is 29.1 Å². The van der Waals surface area contributed by atoms with Gasteiger partial charge in [-0.05, 0) is 62.2 Å². The predicted molar refractivity (Wildman–Crippen MR) is 118 cm³/mol. The lowest BCUT2D eigenvalue weighted by atomic mass is 10.2. The number of aromatic nitrogens is 6. The molecule has 0 saturated heterocycles. The number of H-pyrrole nitrogens is 1. The van der Waals surface area contributed by atoms with Gasteiger partial charge in [0.2, 0.25) is 5.95 Å². The van der Waals surface area contributed by atoms with Crippen LogP contribution in [0.15, 0.2) is 67.4 Å². The molecule has 0 amide bonds. The maximum Gasteiger partial charge on any atom is 0.225 e. The topological polar surface area (TPSA) is 76.3 Å². The predicted octanol–water partition coefficient (Wildman–Crippen LogP) is 4.72. The van der Waals surface area contributed by atoms with Crippen molar-refractivity contribution in [3.05, 3.63) is 84.2 Å². The van der Waals surface area contributed by atoms with Crippen molar-refractivity contribution in [2.45, 2.75) is 26.8 Å². The summed E-state index contributed by atoms with van der Waals surface area (Å²) in [6, 6.07) is 14.3. The van der Waals surface area contributed by atoms with Crippen molar-refractivity contribution in [3.63, 3.8) is 0 Å². The minimum atomic E-state index is 0.0433. The Morgan fingerprint density at radius 1 is 1.03 bits per heavy atom. The molecular formula is C23H23N7. The van der Waals surface area contributed by atoms with E-state index in [4.69, 9.17) is 4.98 Å². The number of benzene rings is 1. The normalized spacial score (nSPS) is 12.4. The molecule has 7 nitrogen and oxygen atoms in total. The van der Waals surface area contributed by atoms with Crippen LogP contribution in [0, 0.1) is 13.8 Å². The summed E-state index contributed by atoms with van der Waals surface area (Å²) in [5.41, 5.74) is 5.53. The standard InChI is InChI=1S/C23H23N7/c1-15-10-16(2)29(13-15)22-11-18(12-25-22)17(3)27-23-24-9-8-21(28-23)30-14-26-19-6-4-5-7-20(19)30/h4-14,17,25H,1-3H3,(H,24,27,28). The lowest BCUT2D eigenvalue weighted by molar-refractivity contribution is 0.855. The molecule has 0 aliphatic carbocycles. The maximum atomic E-state index is 4.70. The van der Waals surface area contributed by atoms with E-state index in [9.17, 15) is 0 Å². The van der Waals surface area contributed by atoms with Crippen LogP contribution in [0.4, 0.5) is 5.95 Å². The number of fused-ring (bicyclic) bond motifs is 1. The molecule has 0 spiro atoms. The summed E-state index contributed by atoms with van der Waals surface area (Å²) in [6.07, 6.45) is 7.71. The highest BCUT2D eigenvalue weighted by Crippen LogP contribution is 2.22. The molecule has 0 radical (unpaired) electrons. The minimum absolute atomic E-state index is 0.0433. The zero-order valence-corrected chi connectivity index (χ0v) is 17.2. The zero-order valence-electron chi connectivity index (χ0n) is 17.2. The van der Waals surface area contributed by atoms with Crippen LogP contribution in [0.1, 0.15) is 29.8 Å². The first kappa shape index (κ1) is 18.2. The van der Waals surface area contributed by atoms with E-state index in [1.54, 1.807) is 12.5 Å². The largest absolute Gasteiger partial charge is 0.348 e. The molecule has 0 bridgehead atoms. The molecule has 0 saturated carbocycles. The maximum absolute atomic E-state index is 4.70. The fraction of sp³-hybridized carbons (Fsp3) is 0.174. The first-order valence-electron chi connectivity index (χ1n) is 9.95. The van der Waals surface area contributed by atoms with Crippen LogP contribution >= 0.6 is 0 Å². The zero-order chi connectivity index (χ0) is 20.7. The van der Waals surface area contributed by atoms with Crippen LogP contribution in [0.5, 0.6) is 0 Å². The van der Waals surface area contributed by atoms with E-state index in [1.807, 2.05) is 41.1 Å². The molecule has 5 rings (SSSR count). The SMILES string of the molecule is Cc1cc(C)n(-c2cc(C(C)Nc3nccc(-n4cnc5ccccc54)n3)c[nH]2)c1. The first-order chi connectivity index (χ1) is 14.6. The number of anilines is 1. The van der Waals surface area contributed by atoms with Gasteiger partial charge < -0.3 is 14.9 Å². The van der Waals surface area contributed by atoms with Gasteiger partial charge in [-0.25, -0.2) is 9.97 Å². The molecule has 0 aliphatic rings. The van der Waals surface area contributed by atoms with E-state index >= 15 is 0 Å². The molecule has 150 valence electrons. The molecule has 30 heavy (non-hydrogen) atoms. The van der Waals surface area contributed by atoms with Crippen molar-refractivity contribution in [3.8, 4) is 11.6 Å². The first-order valence-corrected chi connectivity index (χ1v) is 9.95. The molecule has 4 aromatic heterocycles. The number of hydrogen-bond acceptors (Lipinski definition) is 4. The van der Waals surface area contributed by atoms with Gasteiger partial charge in [-0.15, -0.1) is 0 Å². The molecular weight excluding hydrogens is 374 g/mol. The van der Waals surface area contributed by atoms with E-state index in [2.05, 4.69) is 63.9 Å². The highest BCUT2D eigenvalue weighted by molar-refractivity contribution is 5.76. The number of rotatable bonds is 5. The fourth-order valence-corrected chi connectivity index (χ4v) is 3.76. The quantitative estimate of drug-likeness (QED) is 0.450. The van der Waals surface area contributed by atoms with E-state index in [0.717, 1.165) is 28.2 Å². The smallest absolute Gasteiger partial charge is 0.225 e. The summed E-state index contributed by atoms with van der Waals surface area (Å²) in [5.74, 6) is 2.40. The average molecular weight is 397 g/mol. The Morgan fingerprint density at radius 3 is 2.73 bits per heavy atom. The van der Waals surface area contributed by atoms with Crippen molar-refractivity contribution < 1.29 is 0 Å². The Bertz CT molecular complexity index is 1320. The van der Waals surface area contributed by atoms with Crippen molar-refractivity contribution in [2.75, 3.05) is 5.32 Å². The summed E-state index contributed by atoms with van der Waals surface area (Å²) >= 11 is 0. The number of aryl methyl sites for hydroxylation is 2. The second kappa shape index (κ2) is 7.18. The second-order valence-corrected chi connectivity index (χ2v) is 7.55. The number of para-hydroxylation sites is 2. The summed E-state index contributed by atoms with van der Waals surface area (Å²) < 4.78 is 4.13. The average Bonchev–Trinajstić information content (AvgIpc) is 3.46. The summed E-state index contributed by atoms with van der Waals surface area (Å²) in [5, 5.41) is 3.41. The lowest BCUT2D eigenvalue weighted by Crippen LogP contribution is -2.10. The van der Waals surface area contributed by atoms with E-state index < -0.39 is 0 Å². The van der Waals surface area contributed by atoms with Crippen molar-refractivity contribution in [2.24, 2.45) is 0 Å². The third kappa shape index (κ3) is 3.24. The van der Waals surface area contributed by atoms with E-state index in [1.165, 1.54) is 11.3 Å². The lowest BCUT2D eigenvalue weighted by Gasteiger charge is -2.13. The molecule has 1 unspecified atom stereocenters. The Labute approximate surface area is 174 Å². The Kier molecular flexibility index (Phi) is 4.35. The van der Waals surface area contributed by atoms with E-state index in [0.29, 0.717) is 5.95 Å². The van der Waals surface area contributed by atoms with Crippen LogP contribution in [-0.2, 0) is 0 Å². The van der Waals surface area contributed by atoms with Gasteiger partial charge in [0.1, 0.15) is 18.0 Å². The molecule has 5 aromatic rings. The second-order valence-electron chi connectivity index (χ2n) is 7.55. The van der Waals surface area contributed by atoms with Crippen molar-refractivity contribution in [1.29, 1.82) is 0 Å².